The van der Waals surface area contributed by atoms with E-state index in [1.165, 1.54) is 11.3 Å². The van der Waals surface area contributed by atoms with Crippen LogP contribution >= 0.6 is 0 Å². The molecule has 2 fully saturated rings. The van der Waals surface area contributed by atoms with Crippen molar-refractivity contribution in [3.63, 3.8) is 0 Å². The van der Waals surface area contributed by atoms with Crippen molar-refractivity contribution in [2.75, 3.05) is 64.4 Å². The van der Waals surface area contributed by atoms with Gasteiger partial charge >= 0.3 is 0 Å². The molecule has 0 bridgehead atoms. The van der Waals surface area contributed by atoms with E-state index in [-0.39, 0.29) is 11.9 Å². The van der Waals surface area contributed by atoms with Crippen LogP contribution in [0.2, 0.25) is 0 Å². The van der Waals surface area contributed by atoms with Gasteiger partial charge in [0.1, 0.15) is 5.75 Å². The van der Waals surface area contributed by atoms with Crippen LogP contribution in [0.5, 0.6) is 5.75 Å². The van der Waals surface area contributed by atoms with Gasteiger partial charge in [0.2, 0.25) is 5.91 Å². The minimum atomic E-state index is -0.0568. The maximum absolute atomic E-state index is 13.1. The molecule has 0 radical (unpaired) electrons. The average molecular weight is 423 g/mol. The van der Waals surface area contributed by atoms with E-state index >= 15 is 0 Å². The van der Waals surface area contributed by atoms with Crippen molar-refractivity contribution in [3.8, 4) is 5.75 Å². The lowest BCUT2D eigenvalue weighted by atomic mass is 10.1. The summed E-state index contributed by atoms with van der Waals surface area (Å²) < 4.78 is 5.25. The van der Waals surface area contributed by atoms with Crippen LogP contribution in [0.25, 0.3) is 0 Å². The van der Waals surface area contributed by atoms with Crippen molar-refractivity contribution in [2.45, 2.75) is 19.5 Å². The molecular formula is C25H34N4O2. The molecule has 0 saturated carbocycles. The molecule has 4 rings (SSSR count). The summed E-state index contributed by atoms with van der Waals surface area (Å²) in [7, 11) is 1.69. The lowest BCUT2D eigenvalue weighted by Gasteiger charge is -2.41. The SMILES string of the molecule is COc1ccc(N2CCN([C@H](C)C(=O)N3CCN(Cc4ccccc4)CC3)CC2)cc1. The molecule has 0 aliphatic carbocycles. The third-order valence-corrected chi connectivity index (χ3v) is 6.59. The van der Waals surface area contributed by atoms with Crippen LogP contribution in [0.4, 0.5) is 5.69 Å². The van der Waals surface area contributed by atoms with Gasteiger partial charge in [0, 0.05) is 64.6 Å². The zero-order valence-corrected chi connectivity index (χ0v) is 18.7. The molecule has 0 N–H and O–H groups in total. The fraction of sp³-hybridized carbons (Fsp3) is 0.480. The summed E-state index contributed by atoms with van der Waals surface area (Å²) >= 11 is 0. The van der Waals surface area contributed by atoms with Gasteiger partial charge in [-0.15, -0.1) is 0 Å². The first-order valence-electron chi connectivity index (χ1n) is 11.3. The maximum Gasteiger partial charge on any atom is 0.239 e. The molecule has 0 aromatic heterocycles. The van der Waals surface area contributed by atoms with E-state index in [2.05, 4.69) is 69.0 Å². The first-order chi connectivity index (χ1) is 15.1. The molecule has 2 aliphatic heterocycles. The number of benzene rings is 2. The Kier molecular flexibility index (Phi) is 7.10. The van der Waals surface area contributed by atoms with Gasteiger partial charge in [0.15, 0.2) is 0 Å². The van der Waals surface area contributed by atoms with Crippen LogP contribution < -0.4 is 9.64 Å². The Morgan fingerprint density at radius 3 is 2.13 bits per heavy atom. The molecule has 2 heterocycles. The summed E-state index contributed by atoms with van der Waals surface area (Å²) in [5, 5.41) is 0. The van der Waals surface area contributed by atoms with E-state index in [0.29, 0.717) is 0 Å². The summed E-state index contributed by atoms with van der Waals surface area (Å²) in [6, 6.07) is 18.7. The molecule has 2 aliphatic rings. The second-order valence-corrected chi connectivity index (χ2v) is 8.48. The Bertz CT molecular complexity index is 826. The van der Waals surface area contributed by atoms with Gasteiger partial charge in [-0.25, -0.2) is 0 Å². The van der Waals surface area contributed by atoms with E-state index < -0.39 is 0 Å². The van der Waals surface area contributed by atoms with Gasteiger partial charge < -0.3 is 14.5 Å². The molecule has 6 heteroatoms. The average Bonchev–Trinajstić information content (AvgIpc) is 2.84. The van der Waals surface area contributed by atoms with Gasteiger partial charge in [0.25, 0.3) is 0 Å². The van der Waals surface area contributed by atoms with E-state index in [1.54, 1.807) is 7.11 Å². The van der Waals surface area contributed by atoms with Crippen LogP contribution in [0.3, 0.4) is 0 Å². The number of piperazine rings is 2. The zero-order chi connectivity index (χ0) is 21.6. The Morgan fingerprint density at radius 1 is 0.871 bits per heavy atom. The minimum Gasteiger partial charge on any atom is -0.497 e. The molecule has 166 valence electrons. The number of rotatable bonds is 6. The fourth-order valence-electron chi connectivity index (χ4n) is 4.55. The second-order valence-electron chi connectivity index (χ2n) is 8.48. The number of carbonyl (C=O) groups is 1. The van der Waals surface area contributed by atoms with E-state index in [1.807, 2.05) is 12.1 Å². The van der Waals surface area contributed by atoms with Crippen LogP contribution in [0, 0.1) is 0 Å². The van der Waals surface area contributed by atoms with Crippen molar-refractivity contribution in [3.05, 3.63) is 60.2 Å². The number of nitrogens with zero attached hydrogens (tertiary/aromatic N) is 4. The topological polar surface area (TPSA) is 39.3 Å². The molecule has 2 saturated heterocycles. The molecule has 2 aromatic carbocycles. The summed E-state index contributed by atoms with van der Waals surface area (Å²) in [4.78, 5) is 22.3. The van der Waals surface area contributed by atoms with Gasteiger partial charge in [0.05, 0.1) is 13.2 Å². The van der Waals surface area contributed by atoms with Crippen LogP contribution in [0.1, 0.15) is 12.5 Å². The predicted octanol–water partition coefficient (Wildman–Crippen LogP) is 2.55. The second kappa shape index (κ2) is 10.2. The third kappa shape index (κ3) is 5.38. The van der Waals surface area contributed by atoms with Crippen molar-refractivity contribution in [1.29, 1.82) is 0 Å². The van der Waals surface area contributed by atoms with Gasteiger partial charge in [-0.1, -0.05) is 30.3 Å². The number of ether oxygens (including phenoxy) is 1. The standard InChI is InChI=1S/C25H34N4O2/c1-21(27-16-18-28(19-17-27)23-8-10-24(31-2)11-9-23)25(30)29-14-12-26(13-15-29)20-22-6-4-3-5-7-22/h3-11,21H,12-20H2,1-2H3/t21-/m1/s1. The van der Waals surface area contributed by atoms with Crippen LogP contribution in [-0.4, -0.2) is 86.1 Å². The van der Waals surface area contributed by atoms with Crippen molar-refractivity contribution >= 4 is 11.6 Å². The Labute approximate surface area is 186 Å². The Balaban J connectivity index is 1.23. The van der Waals surface area contributed by atoms with Crippen LogP contribution in [0.15, 0.2) is 54.6 Å². The molecule has 2 aromatic rings. The molecule has 0 spiro atoms. The highest BCUT2D eigenvalue weighted by Gasteiger charge is 2.30. The number of methoxy groups -OCH3 is 1. The number of hydrogen-bond donors (Lipinski definition) is 0. The minimum absolute atomic E-state index is 0.0568. The highest BCUT2D eigenvalue weighted by molar-refractivity contribution is 5.81. The van der Waals surface area contributed by atoms with E-state index in [9.17, 15) is 4.79 Å². The number of hydrogen-bond acceptors (Lipinski definition) is 5. The first kappa shape index (κ1) is 21.7. The number of carbonyl (C=O) groups excluding carboxylic acids is 1. The lowest BCUT2D eigenvalue weighted by Crippen LogP contribution is -2.57. The lowest BCUT2D eigenvalue weighted by molar-refractivity contribution is -0.138. The van der Waals surface area contributed by atoms with E-state index in [0.717, 1.165) is 64.7 Å². The van der Waals surface area contributed by atoms with Gasteiger partial charge in [-0.2, -0.15) is 0 Å². The summed E-state index contributed by atoms with van der Waals surface area (Å²) in [5.74, 6) is 1.16. The summed E-state index contributed by atoms with van der Waals surface area (Å²) in [6.45, 7) is 10.3. The molecule has 1 amide bonds. The first-order valence-corrected chi connectivity index (χ1v) is 11.3. The number of anilines is 1. The van der Waals surface area contributed by atoms with Crippen molar-refractivity contribution in [1.82, 2.24) is 14.7 Å². The highest BCUT2D eigenvalue weighted by atomic mass is 16.5. The van der Waals surface area contributed by atoms with Crippen LogP contribution in [-0.2, 0) is 11.3 Å². The van der Waals surface area contributed by atoms with Gasteiger partial charge in [-0.3, -0.25) is 14.6 Å². The predicted molar refractivity (Wildman–Crippen MR) is 125 cm³/mol. The largest absolute Gasteiger partial charge is 0.497 e. The zero-order valence-electron chi connectivity index (χ0n) is 18.7. The molecular weight excluding hydrogens is 388 g/mol. The maximum atomic E-state index is 13.1. The normalized spacial score (nSPS) is 19.3. The fourth-order valence-corrected chi connectivity index (χ4v) is 4.55. The highest BCUT2D eigenvalue weighted by Crippen LogP contribution is 2.21. The Hall–Kier alpha value is -2.57. The molecule has 0 unspecified atom stereocenters. The quantitative estimate of drug-likeness (QED) is 0.716. The van der Waals surface area contributed by atoms with Crippen molar-refractivity contribution in [2.24, 2.45) is 0 Å². The van der Waals surface area contributed by atoms with E-state index in [4.69, 9.17) is 4.74 Å². The van der Waals surface area contributed by atoms with Gasteiger partial charge in [-0.05, 0) is 36.8 Å². The monoisotopic (exact) mass is 422 g/mol. The third-order valence-electron chi connectivity index (χ3n) is 6.59. The summed E-state index contributed by atoms with van der Waals surface area (Å²) in [6.07, 6.45) is 0. The number of amides is 1. The Morgan fingerprint density at radius 2 is 1.52 bits per heavy atom. The molecule has 1 atom stereocenters. The molecule has 31 heavy (non-hydrogen) atoms. The summed E-state index contributed by atoms with van der Waals surface area (Å²) in [5.41, 5.74) is 2.55. The van der Waals surface area contributed by atoms with Crippen molar-refractivity contribution < 1.29 is 9.53 Å². The molecule has 6 nitrogen and oxygen atoms in total. The smallest absolute Gasteiger partial charge is 0.239 e.